The highest BCUT2D eigenvalue weighted by Crippen LogP contribution is 2.30. The number of halogens is 1. The average Bonchev–Trinajstić information content (AvgIpc) is 2.66. The van der Waals surface area contributed by atoms with Crippen molar-refractivity contribution in [2.45, 2.75) is 6.54 Å². The number of fused-ring (bicyclic) bond motifs is 1. The van der Waals surface area contributed by atoms with Crippen LogP contribution in [0.25, 0.3) is 0 Å². The molecule has 2 N–H and O–H groups in total. The predicted octanol–water partition coefficient (Wildman–Crippen LogP) is 2.11. The second-order valence-electron chi connectivity index (χ2n) is 6.13. The summed E-state index contributed by atoms with van der Waals surface area (Å²) in [5.74, 6) is 0.762. The second-order valence-corrected chi connectivity index (χ2v) is 6.99. The van der Waals surface area contributed by atoms with Crippen molar-refractivity contribution in [1.82, 2.24) is 15.8 Å². The lowest BCUT2D eigenvalue weighted by molar-refractivity contribution is -0.122. The van der Waals surface area contributed by atoms with Crippen molar-refractivity contribution in [2.75, 3.05) is 26.8 Å². The molecular weight excluding hydrogens is 414 g/mol. The van der Waals surface area contributed by atoms with Gasteiger partial charge in [-0.2, -0.15) is 0 Å². The highest BCUT2D eigenvalue weighted by molar-refractivity contribution is 9.10. The fourth-order valence-corrected chi connectivity index (χ4v) is 3.14. The Morgan fingerprint density at radius 3 is 2.59 bits per heavy atom. The first-order valence-corrected chi connectivity index (χ1v) is 9.23. The first kappa shape index (κ1) is 19.2. The lowest BCUT2D eigenvalue weighted by Crippen LogP contribution is -2.45. The van der Waals surface area contributed by atoms with E-state index in [9.17, 15) is 9.59 Å². The molecule has 0 aromatic heterocycles. The molecule has 3 rings (SSSR count). The number of benzene rings is 2. The Bertz CT molecular complexity index is 843. The number of hydrogen-bond donors (Lipinski definition) is 2. The summed E-state index contributed by atoms with van der Waals surface area (Å²) in [6, 6.07) is 12.7. The van der Waals surface area contributed by atoms with Gasteiger partial charge in [-0.1, -0.05) is 18.2 Å². The van der Waals surface area contributed by atoms with Gasteiger partial charge in [0.15, 0.2) is 11.5 Å². The largest absolute Gasteiger partial charge is 0.486 e. The van der Waals surface area contributed by atoms with Gasteiger partial charge in [0.2, 0.25) is 0 Å². The molecule has 2 aromatic rings. The molecule has 0 unspecified atom stereocenters. The first-order valence-electron chi connectivity index (χ1n) is 8.43. The fourth-order valence-electron chi connectivity index (χ4n) is 2.68. The van der Waals surface area contributed by atoms with E-state index in [1.54, 1.807) is 18.2 Å². The summed E-state index contributed by atoms with van der Waals surface area (Å²) >= 11 is 3.31. The highest BCUT2D eigenvalue weighted by atomic mass is 79.9. The molecule has 0 spiro atoms. The maximum atomic E-state index is 12.1. The van der Waals surface area contributed by atoms with E-state index in [0.717, 1.165) is 17.1 Å². The van der Waals surface area contributed by atoms with E-state index in [1.807, 2.05) is 36.2 Å². The number of nitrogens with zero attached hydrogens (tertiary/aromatic N) is 1. The molecule has 8 heteroatoms. The van der Waals surface area contributed by atoms with Crippen molar-refractivity contribution in [3.8, 4) is 11.5 Å². The second kappa shape index (κ2) is 8.88. The van der Waals surface area contributed by atoms with Gasteiger partial charge in [-0.05, 0) is 52.8 Å². The zero-order chi connectivity index (χ0) is 19.2. The Kier molecular flexibility index (Phi) is 6.31. The number of nitrogens with one attached hydrogen (secondary N) is 2. The Balaban J connectivity index is 1.48. The SMILES string of the molecule is CN(CC(=O)NNC(=O)c1ccccc1Br)Cc1ccc2c(c1)OCCO2. The average molecular weight is 434 g/mol. The number of amides is 2. The number of likely N-dealkylation sites (N-methyl/N-ethyl adjacent to an activating group) is 1. The van der Waals surface area contributed by atoms with Crippen molar-refractivity contribution >= 4 is 27.7 Å². The molecule has 27 heavy (non-hydrogen) atoms. The Morgan fingerprint density at radius 2 is 1.81 bits per heavy atom. The van der Waals surface area contributed by atoms with Crippen LogP contribution in [0.15, 0.2) is 46.9 Å². The number of rotatable bonds is 5. The Labute approximate surface area is 165 Å². The van der Waals surface area contributed by atoms with E-state index in [4.69, 9.17) is 9.47 Å². The summed E-state index contributed by atoms with van der Waals surface area (Å²) < 4.78 is 11.7. The number of carbonyl (C=O) groups is 2. The molecular formula is C19H20BrN3O4. The summed E-state index contributed by atoms with van der Waals surface area (Å²) in [5.41, 5.74) is 6.30. The normalized spacial score (nSPS) is 12.6. The van der Waals surface area contributed by atoms with E-state index in [0.29, 0.717) is 29.8 Å². The van der Waals surface area contributed by atoms with Gasteiger partial charge < -0.3 is 9.47 Å². The van der Waals surface area contributed by atoms with E-state index < -0.39 is 0 Å². The third-order valence-electron chi connectivity index (χ3n) is 3.91. The van der Waals surface area contributed by atoms with E-state index >= 15 is 0 Å². The maximum absolute atomic E-state index is 12.1. The van der Waals surface area contributed by atoms with Gasteiger partial charge in [-0.3, -0.25) is 25.3 Å². The van der Waals surface area contributed by atoms with Crippen LogP contribution in [0.1, 0.15) is 15.9 Å². The minimum Gasteiger partial charge on any atom is -0.486 e. The van der Waals surface area contributed by atoms with Gasteiger partial charge in [-0.25, -0.2) is 0 Å². The fraction of sp³-hybridized carbons (Fsp3) is 0.263. The number of carbonyl (C=O) groups excluding carboxylic acids is 2. The molecule has 2 amide bonds. The van der Waals surface area contributed by atoms with Crippen LogP contribution in [-0.2, 0) is 11.3 Å². The third kappa shape index (κ3) is 5.21. The van der Waals surface area contributed by atoms with Gasteiger partial charge in [0.1, 0.15) is 13.2 Å². The summed E-state index contributed by atoms with van der Waals surface area (Å²) in [7, 11) is 1.83. The van der Waals surface area contributed by atoms with E-state index in [-0.39, 0.29) is 18.4 Å². The first-order chi connectivity index (χ1) is 13.0. The topological polar surface area (TPSA) is 79.9 Å². The van der Waals surface area contributed by atoms with Gasteiger partial charge in [0.05, 0.1) is 12.1 Å². The number of hydrogen-bond acceptors (Lipinski definition) is 5. The van der Waals surface area contributed by atoms with Crippen LogP contribution in [0.3, 0.4) is 0 Å². The van der Waals surface area contributed by atoms with E-state index in [2.05, 4.69) is 26.8 Å². The van der Waals surface area contributed by atoms with E-state index in [1.165, 1.54) is 0 Å². The molecule has 0 bridgehead atoms. The standard InChI is InChI=1S/C19H20BrN3O4/c1-23(11-13-6-7-16-17(10-13)27-9-8-26-16)12-18(24)21-22-19(25)14-4-2-3-5-15(14)20/h2-7,10H,8-9,11-12H2,1H3,(H,21,24)(H,22,25). The van der Waals surface area contributed by atoms with Crippen LogP contribution in [0.5, 0.6) is 11.5 Å². The summed E-state index contributed by atoms with van der Waals surface area (Å²) in [4.78, 5) is 26.0. The summed E-state index contributed by atoms with van der Waals surface area (Å²) in [5, 5.41) is 0. The smallest absolute Gasteiger partial charge is 0.270 e. The minimum atomic E-state index is -0.384. The molecule has 0 fully saturated rings. The molecule has 1 heterocycles. The molecule has 0 saturated carbocycles. The minimum absolute atomic E-state index is 0.130. The summed E-state index contributed by atoms with van der Waals surface area (Å²) in [6.07, 6.45) is 0. The quantitative estimate of drug-likeness (QED) is 0.705. The molecule has 1 aliphatic heterocycles. The van der Waals surface area contributed by atoms with Crippen LogP contribution in [0.2, 0.25) is 0 Å². The van der Waals surface area contributed by atoms with Crippen LogP contribution in [0, 0.1) is 0 Å². The predicted molar refractivity (Wildman–Crippen MR) is 104 cm³/mol. The maximum Gasteiger partial charge on any atom is 0.270 e. The molecule has 1 aliphatic rings. The monoisotopic (exact) mass is 433 g/mol. The van der Waals surface area contributed by atoms with Gasteiger partial charge >= 0.3 is 0 Å². The zero-order valence-corrected chi connectivity index (χ0v) is 16.4. The van der Waals surface area contributed by atoms with Crippen LogP contribution in [-0.4, -0.2) is 43.5 Å². The molecule has 0 radical (unpaired) electrons. The molecule has 2 aromatic carbocycles. The Morgan fingerprint density at radius 1 is 1.07 bits per heavy atom. The molecule has 7 nitrogen and oxygen atoms in total. The van der Waals surface area contributed by atoms with Crippen molar-refractivity contribution in [3.63, 3.8) is 0 Å². The zero-order valence-electron chi connectivity index (χ0n) is 14.8. The van der Waals surface area contributed by atoms with Crippen molar-refractivity contribution in [1.29, 1.82) is 0 Å². The van der Waals surface area contributed by atoms with Gasteiger partial charge in [0, 0.05) is 11.0 Å². The molecule has 0 saturated heterocycles. The molecule has 0 atom stereocenters. The number of ether oxygens (including phenoxy) is 2. The Hall–Kier alpha value is -2.58. The van der Waals surface area contributed by atoms with Crippen molar-refractivity contribution in [2.24, 2.45) is 0 Å². The van der Waals surface area contributed by atoms with Gasteiger partial charge in [-0.15, -0.1) is 0 Å². The van der Waals surface area contributed by atoms with Crippen LogP contribution >= 0.6 is 15.9 Å². The molecule has 142 valence electrons. The molecule has 0 aliphatic carbocycles. The third-order valence-corrected chi connectivity index (χ3v) is 4.60. The van der Waals surface area contributed by atoms with Crippen LogP contribution in [0.4, 0.5) is 0 Å². The summed E-state index contributed by atoms with van der Waals surface area (Å²) in [6.45, 7) is 1.77. The lowest BCUT2D eigenvalue weighted by atomic mass is 10.2. The van der Waals surface area contributed by atoms with Crippen molar-refractivity contribution < 1.29 is 19.1 Å². The number of hydrazine groups is 1. The van der Waals surface area contributed by atoms with Gasteiger partial charge in [0.25, 0.3) is 11.8 Å². The lowest BCUT2D eigenvalue weighted by Gasteiger charge is -2.21. The van der Waals surface area contributed by atoms with Crippen molar-refractivity contribution in [3.05, 3.63) is 58.1 Å². The van der Waals surface area contributed by atoms with Crippen LogP contribution < -0.4 is 20.3 Å². The highest BCUT2D eigenvalue weighted by Gasteiger charge is 2.14.